The van der Waals surface area contributed by atoms with Crippen LogP contribution in [-0.2, 0) is 6.54 Å². The van der Waals surface area contributed by atoms with Crippen LogP contribution >= 0.6 is 11.3 Å². The Labute approximate surface area is 122 Å². The lowest BCUT2D eigenvalue weighted by atomic mass is 10.1. The lowest BCUT2D eigenvalue weighted by Gasteiger charge is -2.17. The maximum Gasteiger partial charge on any atom is 0.265 e. The molecule has 6 heteroatoms. The van der Waals surface area contributed by atoms with Crippen LogP contribution in [0.5, 0.6) is 0 Å². The summed E-state index contributed by atoms with van der Waals surface area (Å²) in [5.41, 5.74) is 2.96. The van der Waals surface area contributed by atoms with Crippen molar-refractivity contribution in [2.75, 3.05) is 19.4 Å². The van der Waals surface area contributed by atoms with Crippen molar-refractivity contribution in [2.45, 2.75) is 20.4 Å². The Morgan fingerprint density at radius 2 is 2.20 bits per heavy atom. The molecule has 0 atom stereocenters. The predicted octanol–water partition coefficient (Wildman–Crippen LogP) is 2.47. The second-order valence-corrected chi connectivity index (χ2v) is 5.65. The van der Waals surface area contributed by atoms with E-state index in [0.717, 1.165) is 22.0 Å². The molecule has 2 heterocycles. The molecule has 0 unspecified atom stereocenters. The maximum absolute atomic E-state index is 12.5. The van der Waals surface area contributed by atoms with E-state index < -0.39 is 0 Å². The minimum atomic E-state index is -0.00212. The third-order valence-electron chi connectivity index (χ3n) is 3.10. The standard InChI is InChI=1S/C14H18N4OS/c1-9-7-16-6-5-11(9)8-18(4)13(19)12-10(2)17-14(15-3)20-12/h5-7H,8H2,1-4H3,(H,15,17). The van der Waals surface area contributed by atoms with Crippen molar-refractivity contribution in [3.63, 3.8) is 0 Å². The molecule has 0 saturated heterocycles. The quantitative estimate of drug-likeness (QED) is 0.939. The zero-order valence-corrected chi connectivity index (χ0v) is 12.9. The molecule has 2 rings (SSSR count). The average molecular weight is 290 g/mol. The third kappa shape index (κ3) is 2.96. The Morgan fingerprint density at radius 1 is 1.45 bits per heavy atom. The SMILES string of the molecule is CNc1nc(C)c(C(=O)N(C)Cc2ccncc2C)s1. The third-order valence-corrected chi connectivity index (χ3v) is 4.26. The van der Waals surface area contributed by atoms with Gasteiger partial charge in [0.25, 0.3) is 5.91 Å². The van der Waals surface area contributed by atoms with Gasteiger partial charge in [-0.05, 0) is 31.0 Å². The van der Waals surface area contributed by atoms with E-state index in [1.54, 1.807) is 25.2 Å². The number of nitrogens with one attached hydrogen (secondary N) is 1. The zero-order chi connectivity index (χ0) is 14.7. The van der Waals surface area contributed by atoms with E-state index >= 15 is 0 Å². The van der Waals surface area contributed by atoms with Crippen LogP contribution in [0.4, 0.5) is 5.13 Å². The van der Waals surface area contributed by atoms with Gasteiger partial charge < -0.3 is 10.2 Å². The van der Waals surface area contributed by atoms with Crippen LogP contribution in [0, 0.1) is 13.8 Å². The van der Waals surface area contributed by atoms with Gasteiger partial charge in [0, 0.05) is 33.0 Å². The summed E-state index contributed by atoms with van der Waals surface area (Å²) < 4.78 is 0. The van der Waals surface area contributed by atoms with Crippen molar-refractivity contribution in [1.82, 2.24) is 14.9 Å². The van der Waals surface area contributed by atoms with E-state index in [1.165, 1.54) is 11.3 Å². The highest BCUT2D eigenvalue weighted by Gasteiger charge is 2.19. The Hall–Kier alpha value is -1.95. The lowest BCUT2D eigenvalue weighted by molar-refractivity contribution is 0.0788. The highest BCUT2D eigenvalue weighted by atomic mass is 32.1. The number of carbonyl (C=O) groups is 1. The van der Waals surface area contributed by atoms with E-state index in [9.17, 15) is 4.79 Å². The summed E-state index contributed by atoms with van der Waals surface area (Å²) in [5, 5.41) is 3.73. The molecule has 0 aliphatic heterocycles. The molecular weight excluding hydrogens is 272 g/mol. The first-order chi connectivity index (χ1) is 9.52. The first-order valence-electron chi connectivity index (χ1n) is 6.33. The van der Waals surface area contributed by atoms with Crippen molar-refractivity contribution >= 4 is 22.4 Å². The van der Waals surface area contributed by atoms with Crippen LogP contribution in [0.2, 0.25) is 0 Å². The first kappa shape index (κ1) is 14.5. The Kier molecular flexibility index (Phi) is 4.34. The summed E-state index contributed by atoms with van der Waals surface area (Å²) in [6, 6.07) is 1.94. The zero-order valence-electron chi connectivity index (χ0n) is 12.1. The number of nitrogens with zero attached hydrogens (tertiary/aromatic N) is 3. The van der Waals surface area contributed by atoms with Gasteiger partial charge in [0.15, 0.2) is 5.13 Å². The van der Waals surface area contributed by atoms with Crippen molar-refractivity contribution in [3.8, 4) is 0 Å². The second kappa shape index (κ2) is 6.00. The molecule has 0 radical (unpaired) electrons. The van der Waals surface area contributed by atoms with Gasteiger partial charge >= 0.3 is 0 Å². The van der Waals surface area contributed by atoms with E-state index in [1.807, 2.05) is 26.1 Å². The van der Waals surface area contributed by atoms with Crippen molar-refractivity contribution in [3.05, 3.63) is 40.2 Å². The van der Waals surface area contributed by atoms with Gasteiger partial charge in [-0.1, -0.05) is 11.3 Å². The monoisotopic (exact) mass is 290 g/mol. The maximum atomic E-state index is 12.5. The summed E-state index contributed by atoms with van der Waals surface area (Å²) in [5.74, 6) is -0.00212. The van der Waals surface area contributed by atoms with Crippen LogP contribution in [0.1, 0.15) is 26.5 Å². The normalized spacial score (nSPS) is 10.4. The summed E-state index contributed by atoms with van der Waals surface area (Å²) in [6.07, 6.45) is 3.56. The van der Waals surface area contributed by atoms with E-state index in [2.05, 4.69) is 15.3 Å². The molecule has 106 valence electrons. The largest absolute Gasteiger partial charge is 0.365 e. The van der Waals surface area contributed by atoms with E-state index in [-0.39, 0.29) is 5.91 Å². The number of carbonyl (C=O) groups excluding carboxylic acids is 1. The van der Waals surface area contributed by atoms with Crippen LogP contribution < -0.4 is 5.32 Å². The second-order valence-electron chi connectivity index (χ2n) is 4.65. The van der Waals surface area contributed by atoms with Crippen molar-refractivity contribution in [1.29, 1.82) is 0 Å². The summed E-state index contributed by atoms with van der Waals surface area (Å²) in [6.45, 7) is 4.42. The number of rotatable bonds is 4. The van der Waals surface area contributed by atoms with Gasteiger partial charge in [-0.3, -0.25) is 9.78 Å². The average Bonchev–Trinajstić information content (AvgIpc) is 2.81. The molecule has 1 amide bonds. The molecule has 0 aromatic carbocycles. The predicted molar refractivity (Wildman–Crippen MR) is 81.2 cm³/mol. The van der Waals surface area contributed by atoms with Gasteiger partial charge in [-0.15, -0.1) is 0 Å². The smallest absolute Gasteiger partial charge is 0.265 e. The molecule has 0 saturated carbocycles. The van der Waals surface area contributed by atoms with E-state index in [4.69, 9.17) is 0 Å². The molecule has 2 aromatic heterocycles. The van der Waals surface area contributed by atoms with Crippen molar-refractivity contribution in [2.24, 2.45) is 0 Å². The van der Waals surface area contributed by atoms with Crippen LogP contribution in [0.3, 0.4) is 0 Å². The molecular formula is C14H18N4OS. The molecule has 0 fully saturated rings. The topological polar surface area (TPSA) is 58.1 Å². The van der Waals surface area contributed by atoms with Gasteiger partial charge in [0.05, 0.1) is 5.69 Å². The molecule has 5 nitrogen and oxygen atoms in total. The Bertz CT molecular complexity index is 623. The fraction of sp³-hybridized carbons (Fsp3) is 0.357. The minimum absolute atomic E-state index is 0.00212. The van der Waals surface area contributed by atoms with E-state index in [0.29, 0.717) is 11.4 Å². The first-order valence-corrected chi connectivity index (χ1v) is 7.14. The number of hydrogen-bond donors (Lipinski definition) is 1. The number of anilines is 1. The fourth-order valence-corrected chi connectivity index (χ4v) is 2.80. The molecule has 0 aliphatic carbocycles. The van der Waals surface area contributed by atoms with Crippen LogP contribution in [0.25, 0.3) is 0 Å². The summed E-state index contributed by atoms with van der Waals surface area (Å²) in [7, 11) is 3.61. The number of aromatic nitrogens is 2. The van der Waals surface area contributed by atoms with Crippen LogP contribution in [-0.4, -0.2) is 34.9 Å². The van der Waals surface area contributed by atoms with Crippen LogP contribution in [0.15, 0.2) is 18.5 Å². The number of pyridine rings is 1. The molecule has 0 aliphatic rings. The number of aryl methyl sites for hydroxylation is 2. The molecule has 2 aromatic rings. The lowest BCUT2D eigenvalue weighted by Crippen LogP contribution is -2.26. The highest BCUT2D eigenvalue weighted by molar-refractivity contribution is 7.17. The molecule has 0 spiro atoms. The minimum Gasteiger partial charge on any atom is -0.365 e. The Morgan fingerprint density at radius 3 is 2.80 bits per heavy atom. The summed E-state index contributed by atoms with van der Waals surface area (Å²) >= 11 is 1.38. The molecule has 1 N–H and O–H groups in total. The fourth-order valence-electron chi connectivity index (χ4n) is 1.88. The van der Waals surface area contributed by atoms with Gasteiger partial charge in [-0.25, -0.2) is 4.98 Å². The van der Waals surface area contributed by atoms with Crippen molar-refractivity contribution < 1.29 is 4.79 Å². The number of amides is 1. The summed E-state index contributed by atoms with van der Waals surface area (Å²) in [4.78, 5) is 23.2. The van der Waals surface area contributed by atoms with Gasteiger partial charge in [0.1, 0.15) is 4.88 Å². The molecule has 0 bridgehead atoms. The molecule has 20 heavy (non-hydrogen) atoms. The Balaban J connectivity index is 2.16. The van der Waals surface area contributed by atoms with Gasteiger partial charge in [-0.2, -0.15) is 0 Å². The highest BCUT2D eigenvalue weighted by Crippen LogP contribution is 2.23. The number of thiazole rings is 1. The van der Waals surface area contributed by atoms with Gasteiger partial charge in [0.2, 0.25) is 0 Å². The number of hydrogen-bond acceptors (Lipinski definition) is 5.